The molecular formula is C24H26Br2ClN3O2. The summed E-state index contributed by atoms with van der Waals surface area (Å²) in [5.41, 5.74) is 1.08. The normalized spacial score (nSPS) is 13.1. The van der Waals surface area contributed by atoms with E-state index in [-0.39, 0.29) is 16.9 Å². The maximum Gasteiger partial charge on any atom is 0.282 e. The maximum absolute atomic E-state index is 13.3. The van der Waals surface area contributed by atoms with Gasteiger partial charge in [0.1, 0.15) is 11.6 Å². The van der Waals surface area contributed by atoms with Gasteiger partial charge in [-0.2, -0.15) is 9.78 Å². The van der Waals surface area contributed by atoms with Crippen molar-refractivity contribution in [2.24, 2.45) is 10.5 Å². The van der Waals surface area contributed by atoms with E-state index in [1.165, 1.54) is 4.68 Å². The lowest BCUT2D eigenvalue weighted by Gasteiger charge is -2.20. The number of aromatic nitrogens is 2. The smallest absolute Gasteiger partial charge is 0.282 e. The predicted octanol–water partition coefficient (Wildman–Crippen LogP) is 7.40. The zero-order chi connectivity index (χ0) is 23.6. The molecular weight excluding hydrogens is 558 g/mol. The van der Waals surface area contributed by atoms with E-state index in [0.29, 0.717) is 39.7 Å². The quantitative estimate of drug-likeness (QED) is 0.284. The van der Waals surface area contributed by atoms with E-state index >= 15 is 0 Å². The van der Waals surface area contributed by atoms with E-state index in [9.17, 15) is 4.79 Å². The van der Waals surface area contributed by atoms with Gasteiger partial charge in [-0.05, 0) is 58.1 Å². The molecule has 0 saturated carbocycles. The zero-order valence-corrected chi connectivity index (χ0v) is 22.7. The van der Waals surface area contributed by atoms with Crippen LogP contribution < -0.4 is 10.3 Å². The van der Waals surface area contributed by atoms with E-state index in [4.69, 9.17) is 21.3 Å². The van der Waals surface area contributed by atoms with Gasteiger partial charge in [0.2, 0.25) is 0 Å². The van der Waals surface area contributed by atoms with E-state index < -0.39 is 0 Å². The first-order valence-electron chi connectivity index (χ1n) is 10.4. The lowest BCUT2D eigenvalue weighted by molar-refractivity contribution is 0.196. The Morgan fingerprint density at radius 3 is 2.62 bits per heavy atom. The fourth-order valence-electron chi connectivity index (χ4n) is 3.02. The molecule has 1 atom stereocenters. The molecule has 8 heteroatoms. The van der Waals surface area contributed by atoms with Crippen LogP contribution >= 0.6 is 43.5 Å². The Labute approximate surface area is 210 Å². The van der Waals surface area contributed by atoms with Gasteiger partial charge in [0.25, 0.3) is 5.56 Å². The Morgan fingerprint density at radius 2 is 1.97 bits per heavy atom. The summed E-state index contributed by atoms with van der Waals surface area (Å²) in [5.74, 6) is 1.29. The van der Waals surface area contributed by atoms with Crippen molar-refractivity contribution >= 4 is 60.6 Å². The minimum absolute atomic E-state index is 0.0240. The van der Waals surface area contributed by atoms with Gasteiger partial charge in [0, 0.05) is 21.0 Å². The minimum atomic E-state index is -0.221. The Bertz CT molecular complexity index is 1230. The molecule has 0 N–H and O–H groups in total. The summed E-state index contributed by atoms with van der Waals surface area (Å²) in [6.07, 6.45) is 2.43. The average Bonchev–Trinajstić information content (AvgIpc) is 2.71. The Morgan fingerprint density at radius 1 is 1.25 bits per heavy atom. The molecule has 5 nitrogen and oxygen atoms in total. The van der Waals surface area contributed by atoms with Crippen molar-refractivity contribution in [2.45, 2.75) is 47.0 Å². The second-order valence-corrected chi connectivity index (χ2v) is 11.2. The molecule has 0 aliphatic carbocycles. The van der Waals surface area contributed by atoms with Crippen LogP contribution in [0.4, 0.5) is 0 Å². The molecule has 1 aromatic heterocycles. The summed E-state index contributed by atoms with van der Waals surface area (Å²) in [5, 5.41) is 5.59. The van der Waals surface area contributed by atoms with E-state index in [1.807, 2.05) is 19.1 Å². The summed E-state index contributed by atoms with van der Waals surface area (Å²) in [7, 11) is 0. The molecule has 3 rings (SSSR count). The molecule has 0 unspecified atom stereocenters. The summed E-state index contributed by atoms with van der Waals surface area (Å²) >= 11 is 13.3. The van der Waals surface area contributed by atoms with Gasteiger partial charge >= 0.3 is 0 Å². The number of hydrogen-bond donors (Lipinski definition) is 0. The molecule has 0 bridgehead atoms. The highest BCUT2D eigenvalue weighted by atomic mass is 79.9. The highest BCUT2D eigenvalue weighted by molar-refractivity contribution is 9.10. The molecule has 0 radical (unpaired) electrons. The summed E-state index contributed by atoms with van der Waals surface area (Å²) in [4.78, 5) is 18.1. The molecule has 0 amide bonds. The van der Waals surface area contributed by atoms with Gasteiger partial charge < -0.3 is 4.74 Å². The fraction of sp³-hybridized carbons (Fsp3) is 0.375. The van der Waals surface area contributed by atoms with Gasteiger partial charge in [-0.25, -0.2) is 4.98 Å². The topological polar surface area (TPSA) is 56.5 Å². The predicted molar refractivity (Wildman–Crippen MR) is 140 cm³/mol. The molecule has 0 aliphatic rings. The molecule has 0 spiro atoms. The van der Waals surface area contributed by atoms with Gasteiger partial charge in [-0.15, -0.1) is 0 Å². The van der Waals surface area contributed by atoms with Crippen molar-refractivity contribution in [3.05, 3.63) is 66.0 Å². The molecule has 0 saturated heterocycles. The zero-order valence-electron chi connectivity index (χ0n) is 18.7. The van der Waals surface area contributed by atoms with E-state index in [2.05, 4.69) is 64.7 Å². The first kappa shape index (κ1) is 24.9. The standard InChI is InChI=1S/C24H26Br2ClN3O2/c1-6-14(2)22-29-20-8-7-16(25)10-18(20)23(31)30(22)28-12-15-9-17(27)11-19(26)21(15)32-13-24(3,4)5/h7-12,14H,6,13H2,1-5H3/t14-/m0/s1. The Hall–Kier alpha value is -1.70. The van der Waals surface area contributed by atoms with Crippen LogP contribution in [0.15, 0.2) is 49.2 Å². The van der Waals surface area contributed by atoms with Crippen LogP contribution in [0.3, 0.4) is 0 Å². The van der Waals surface area contributed by atoms with Crippen LogP contribution in [0.2, 0.25) is 5.02 Å². The molecule has 3 aromatic rings. The number of nitrogens with zero attached hydrogens (tertiary/aromatic N) is 3. The third-order valence-electron chi connectivity index (χ3n) is 4.89. The highest BCUT2D eigenvalue weighted by Gasteiger charge is 2.18. The van der Waals surface area contributed by atoms with Gasteiger partial charge in [0.15, 0.2) is 0 Å². The lowest BCUT2D eigenvalue weighted by atomic mass is 9.98. The Balaban J connectivity index is 2.16. The Kier molecular flexibility index (Phi) is 7.84. The number of hydrogen-bond acceptors (Lipinski definition) is 4. The van der Waals surface area contributed by atoms with E-state index in [1.54, 1.807) is 24.4 Å². The molecule has 170 valence electrons. The molecule has 2 aromatic carbocycles. The number of ether oxygens (including phenoxy) is 1. The van der Waals surface area contributed by atoms with Gasteiger partial charge in [0.05, 0.1) is 28.2 Å². The third-order valence-corrected chi connectivity index (χ3v) is 6.19. The van der Waals surface area contributed by atoms with E-state index in [0.717, 1.165) is 15.4 Å². The molecule has 1 heterocycles. The SMILES string of the molecule is CC[C@H](C)c1nc2ccc(Br)cc2c(=O)n1N=Cc1cc(Cl)cc(Br)c1OCC(C)(C)C. The second-order valence-electron chi connectivity index (χ2n) is 8.96. The number of halogens is 3. The van der Waals surface area contributed by atoms with Crippen molar-refractivity contribution in [1.29, 1.82) is 0 Å². The monoisotopic (exact) mass is 581 g/mol. The fourth-order valence-corrected chi connectivity index (χ4v) is 4.33. The third kappa shape index (κ3) is 5.80. The number of benzene rings is 2. The van der Waals surface area contributed by atoms with Gasteiger partial charge in [-0.3, -0.25) is 4.79 Å². The summed E-state index contributed by atoms with van der Waals surface area (Å²) in [6.45, 7) is 10.9. The molecule has 32 heavy (non-hydrogen) atoms. The van der Waals surface area contributed by atoms with Crippen LogP contribution in [0.25, 0.3) is 10.9 Å². The van der Waals surface area contributed by atoms with Crippen molar-refractivity contribution in [3.63, 3.8) is 0 Å². The maximum atomic E-state index is 13.3. The van der Waals surface area contributed by atoms with Crippen molar-refractivity contribution < 1.29 is 4.74 Å². The lowest BCUT2D eigenvalue weighted by Crippen LogP contribution is -2.24. The van der Waals surface area contributed by atoms with Crippen LogP contribution in [0, 0.1) is 5.41 Å². The van der Waals surface area contributed by atoms with Gasteiger partial charge in [-0.1, -0.05) is 62.1 Å². The van der Waals surface area contributed by atoms with Crippen LogP contribution in [-0.2, 0) is 0 Å². The highest BCUT2D eigenvalue weighted by Crippen LogP contribution is 2.33. The number of fused-ring (bicyclic) bond motifs is 1. The summed E-state index contributed by atoms with van der Waals surface area (Å²) in [6, 6.07) is 9.04. The minimum Gasteiger partial charge on any atom is -0.491 e. The van der Waals surface area contributed by atoms with Crippen LogP contribution in [0.1, 0.15) is 58.3 Å². The van der Waals surface area contributed by atoms with Crippen molar-refractivity contribution in [1.82, 2.24) is 9.66 Å². The first-order valence-corrected chi connectivity index (χ1v) is 12.3. The number of rotatable bonds is 6. The summed E-state index contributed by atoms with van der Waals surface area (Å²) < 4.78 is 9.01. The van der Waals surface area contributed by atoms with Crippen LogP contribution in [-0.4, -0.2) is 22.5 Å². The largest absolute Gasteiger partial charge is 0.491 e. The van der Waals surface area contributed by atoms with Crippen LogP contribution in [0.5, 0.6) is 5.75 Å². The molecule has 0 fully saturated rings. The second kappa shape index (κ2) is 10.1. The van der Waals surface area contributed by atoms with Crippen molar-refractivity contribution in [2.75, 3.05) is 6.61 Å². The first-order chi connectivity index (χ1) is 15.0. The molecule has 0 aliphatic heterocycles. The van der Waals surface area contributed by atoms with Crippen molar-refractivity contribution in [3.8, 4) is 5.75 Å². The average molecular weight is 584 g/mol.